The van der Waals surface area contributed by atoms with Gasteiger partial charge in [-0.3, -0.25) is 0 Å². The SMILES string of the molecule is Fc1ccc(OCC2=CCNCC2)cc1. The second-order valence-electron chi connectivity index (χ2n) is 3.56. The van der Waals surface area contributed by atoms with Gasteiger partial charge in [0.2, 0.25) is 0 Å². The molecule has 1 aromatic carbocycles. The van der Waals surface area contributed by atoms with Gasteiger partial charge in [0.05, 0.1) is 0 Å². The number of ether oxygens (including phenoxy) is 1. The Morgan fingerprint density at radius 2 is 2.07 bits per heavy atom. The first-order valence-electron chi connectivity index (χ1n) is 5.11. The Morgan fingerprint density at radius 1 is 1.27 bits per heavy atom. The Kier molecular flexibility index (Phi) is 3.35. The fraction of sp³-hybridized carbons (Fsp3) is 0.333. The van der Waals surface area contributed by atoms with E-state index in [2.05, 4.69) is 11.4 Å². The summed E-state index contributed by atoms with van der Waals surface area (Å²) in [6.07, 6.45) is 3.17. The van der Waals surface area contributed by atoms with E-state index in [1.807, 2.05) is 0 Å². The molecule has 0 unspecified atom stereocenters. The molecule has 1 heterocycles. The molecule has 0 saturated carbocycles. The van der Waals surface area contributed by atoms with Gasteiger partial charge in [0.1, 0.15) is 18.2 Å². The highest BCUT2D eigenvalue weighted by Gasteiger charge is 2.03. The van der Waals surface area contributed by atoms with E-state index in [0.29, 0.717) is 6.61 Å². The lowest BCUT2D eigenvalue weighted by molar-refractivity contribution is 0.344. The summed E-state index contributed by atoms with van der Waals surface area (Å²) in [5.74, 6) is 0.485. The monoisotopic (exact) mass is 207 g/mol. The minimum Gasteiger partial charge on any atom is -0.489 e. The summed E-state index contributed by atoms with van der Waals surface area (Å²) < 4.78 is 18.1. The topological polar surface area (TPSA) is 21.3 Å². The van der Waals surface area contributed by atoms with E-state index >= 15 is 0 Å². The second kappa shape index (κ2) is 4.94. The number of hydrogen-bond acceptors (Lipinski definition) is 2. The van der Waals surface area contributed by atoms with Crippen LogP contribution in [0.2, 0.25) is 0 Å². The van der Waals surface area contributed by atoms with Gasteiger partial charge in [-0.1, -0.05) is 6.08 Å². The number of benzene rings is 1. The summed E-state index contributed by atoms with van der Waals surface area (Å²) in [7, 11) is 0. The molecule has 80 valence electrons. The lowest BCUT2D eigenvalue weighted by Crippen LogP contribution is -2.22. The Bertz CT molecular complexity index is 345. The van der Waals surface area contributed by atoms with Crippen molar-refractivity contribution in [3.63, 3.8) is 0 Å². The zero-order chi connectivity index (χ0) is 10.5. The van der Waals surface area contributed by atoms with E-state index < -0.39 is 0 Å². The first-order valence-corrected chi connectivity index (χ1v) is 5.11. The van der Waals surface area contributed by atoms with Crippen molar-refractivity contribution in [2.75, 3.05) is 19.7 Å². The van der Waals surface area contributed by atoms with Crippen LogP contribution in [0.15, 0.2) is 35.9 Å². The van der Waals surface area contributed by atoms with E-state index in [1.165, 1.54) is 17.7 Å². The van der Waals surface area contributed by atoms with Gasteiger partial charge >= 0.3 is 0 Å². The molecule has 0 aromatic heterocycles. The van der Waals surface area contributed by atoms with Crippen molar-refractivity contribution >= 4 is 0 Å². The molecule has 0 bridgehead atoms. The lowest BCUT2D eigenvalue weighted by atomic mass is 10.1. The van der Waals surface area contributed by atoms with Gasteiger partial charge in [0.15, 0.2) is 0 Å². The van der Waals surface area contributed by atoms with Crippen LogP contribution in [0.5, 0.6) is 5.75 Å². The zero-order valence-corrected chi connectivity index (χ0v) is 8.50. The average molecular weight is 207 g/mol. The minimum absolute atomic E-state index is 0.233. The van der Waals surface area contributed by atoms with Crippen LogP contribution in [-0.2, 0) is 0 Å². The summed E-state index contributed by atoms with van der Waals surface area (Å²) in [4.78, 5) is 0. The molecule has 0 atom stereocenters. The minimum atomic E-state index is -0.233. The van der Waals surface area contributed by atoms with Crippen LogP contribution < -0.4 is 10.1 Å². The highest BCUT2D eigenvalue weighted by Crippen LogP contribution is 2.13. The Labute approximate surface area is 88.8 Å². The quantitative estimate of drug-likeness (QED) is 0.766. The molecule has 1 aromatic rings. The van der Waals surface area contributed by atoms with E-state index in [-0.39, 0.29) is 5.82 Å². The Hall–Kier alpha value is -1.35. The van der Waals surface area contributed by atoms with Crippen LogP contribution in [-0.4, -0.2) is 19.7 Å². The second-order valence-corrected chi connectivity index (χ2v) is 3.56. The predicted octanol–water partition coefficient (Wildman–Crippen LogP) is 2.12. The largest absolute Gasteiger partial charge is 0.489 e. The first kappa shape index (κ1) is 10.2. The van der Waals surface area contributed by atoms with Crippen molar-refractivity contribution in [3.05, 3.63) is 41.7 Å². The van der Waals surface area contributed by atoms with Crippen molar-refractivity contribution in [2.45, 2.75) is 6.42 Å². The molecular weight excluding hydrogens is 193 g/mol. The highest BCUT2D eigenvalue weighted by molar-refractivity contribution is 5.23. The van der Waals surface area contributed by atoms with Gasteiger partial charge < -0.3 is 10.1 Å². The van der Waals surface area contributed by atoms with Gasteiger partial charge in [-0.25, -0.2) is 4.39 Å². The van der Waals surface area contributed by atoms with Crippen molar-refractivity contribution in [1.82, 2.24) is 5.32 Å². The van der Waals surface area contributed by atoms with Crippen LogP contribution in [0.25, 0.3) is 0 Å². The number of nitrogens with one attached hydrogen (secondary N) is 1. The van der Waals surface area contributed by atoms with E-state index in [4.69, 9.17) is 4.74 Å². The highest BCUT2D eigenvalue weighted by atomic mass is 19.1. The molecule has 0 saturated heterocycles. The van der Waals surface area contributed by atoms with Gasteiger partial charge in [-0.2, -0.15) is 0 Å². The summed E-state index contributed by atoms with van der Waals surface area (Å²) in [5, 5.41) is 3.24. The average Bonchev–Trinajstić information content (AvgIpc) is 2.30. The van der Waals surface area contributed by atoms with Crippen molar-refractivity contribution in [1.29, 1.82) is 0 Å². The van der Waals surface area contributed by atoms with Gasteiger partial charge in [0.25, 0.3) is 0 Å². The maximum atomic E-state index is 12.6. The molecule has 15 heavy (non-hydrogen) atoms. The molecule has 0 fully saturated rings. The third kappa shape index (κ3) is 3.06. The standard InChI is InChI=1S/C12H14FNO/c13-11-1-3-12(4-2-11)15-9-10-5-7-14-8-6-10/h1-5,14H,6-9H2. The predicted molar refractivity (Wildman–Crippen MR) is 57.5 cm³/mol. The van der Waals surface area contributed by atoms with Crippen LogP contribution in [0.4, 0.5) is 4.39 Å². The van der Waals surface area contributed by atoms with Crippen LogP contribution >= 0.6 is 0 Å². The molecule has 1 N–H and O–H groups in total. The molecular formula is C12H14FNO. The Balaban J connectivity index is 1.87. The van der Waals surface area contributed by atoms with Crippen LogP contribution in [0.1, 0.15) is 6.42 Å². The summed E-state index contributed by atoms with van der Waals surface area (Å²) in [6, 6.07) is 6.12. The maximum Gasteiger partial charge on any atom is 0.123 e. The third-order valence-electron chi connectivity index (χ3n) is 2.40. The fourth-order valence-electron chi connectivity index (χ4n) is 1.51. The molecule has 1 aliphatic heterocycles. The van der Waals surface area contributed by atoms with Crippen molar-refractivity contribution in [2.24, 2.45) is 0 Å². The summed E-state index contributed by atoms with van der Waals surface area (Å²) in [5.41, 5.74) is 1.30. The molecule has 0 aliphatic carbocycles. The Morgan fingerprint density at radius 3 is 2.73 bits per heavy atom. The third-order valence-corrected chi connectivity index (χ3v) is 2.40. The fourth-order valence-corrected chi connectivity index (χ4v) is 1.51. The lowest BCUT2D eigenvalue weighted by Gasteiger charge is -2.14. The van der Waals surface area contributed by atoms with Crippen molar-refractivity contribution in [3.8, 4) is 5.75 Å². The maximum absolute atomic E-state index is 12.6. The molecule has 2 rings (SSSR count). The molecule has 2 nitrogen and oxygen atoms in total. The molecule has 0 spiro atoms. The number of hydrogen-bond donors (Lipinski definition) is 1. The number of halogens is 1. The summed E-state index contributed by atoms with van der Waals surface area (Å²) in [6.45, 7) is 2.54. The molecule has 0 radical (unpaired) electrons. The van der Waals surface area contributed by atoms with Crippen molar-refractivity contribution < 1.29 is 9.13 Å². The van der Waals surface area contributed by atoms with E-state index in [9.17, 15) is 4.39 Å². The van der Waals surface area contributed by atoms with Gasteiger partial charge in [-0.15, -0.1) is 0 Å². The van der Waals surface area contributed by atoms with Gasteiger partial charge in [0, 0.05) is 6.54 Å². The number of rotatable bonds is 3. The van der Waals surface area contributed by atoms with Gasteiger partial charge in [-0.05, 0) is 42.8 Å². The smallest absolute Gasteiger partial charge is 0.123 e. The van der Waals surface area contributed by atoms with Crippen LogP contribution in [0, 0.1) is 5.82 Å². The van der Waals surface area contributed by atoms with Crippen LogP contribution in [0.3, 0.4) is 0 Å². The van der Waals surface area contributed by atoms with E-state index in [1.54, 1.807) is 12.1 Å². The first-order chi connectivity index (χ1) is 7.34. The molecule has 1 aliphatic rings. The molecule has 0 amide bonds. The summed E-state index contributed by atoms with van der Waals surface area (Å²) >= 11 is 0. The zero-order valence-electron chi connectivity index (χ0n) is 8.50. The molecule has 3 heteroatoms. The normalized spacial score (nSPS) is 15.9. The van der Waals surface area contributed by atoms with E-state index in [0.717, 1.165) is 25.3 Å².